The predicted octanol–water partition coefficient (Wildman–Crippen LogP) is 1.07. The highest BCUT2D eigenvalue weighted by Crippen LogP contribution is 2.33. The van der Waals surface area contributed by atoms with E-state index in [-0.39, 0.29) is 18.0 Å². The Hall–Kier alpha value is -1.99. The second-order valence-corrected chi connectivity index (χ2v) is 6.20. The summed E-state index contributed by atoms with van der Waals surface area (Å²) in [6.45, 7) is 3.65. The summed E-state index contributed by atoms with van der Waals surface area (Å²) in [7, 11) is 0. The normalized spacial score (nSPS) is 22.0. The zero-order chi connectivity index (χ0) is 17.7. The average Bonchev–Trinajstić information content (AvgIpc) is 2.58. The average molecular weight is 337 g/mol. The van der Waals surface area contributed by atoms with E-state index in [0.29, 0.717) is 5.92 Å². The number of rotatable bonds is 6. The van der Waals surface area contributed by atoms with Gasteiger partial charge in [-0.05, 0) is 55.1 Å². The second kappa shape index (κ2) is 8.21. The van der Waals surface area contributed by atoms with Crippen LogP contribution in [0.1, 0.15) is 41.6 Å². The van der Waals surface area contributed by atoms with Crippen molar-refractivity contribution >= 4 is 11.9 Å². The molecule has 1 aromatic rings. The summed E-state index contributed by atoms with van der Waals surface area (Å²) in [5.74, 6) is -1.57. The van der Waals surface area contributed by atoms with E-state index in [1.54, 1.807) is 6.07 Å². The Morgan fingerprint density at radius 1 is 1.46 bits per heavy atom. The molecule has 0 radical (unpaired) electrons. The number of carboxylic acid groups (broad SMARTS) is 1. The van der Waals surface area contributed by atoms with Gasteiger partial charge >= 0.3 is 5.97 Å². The molecule has 1 aliphatic heterocycles. The molecule has 0 saturated carbocycles. The number of nitrogens with one attached hydrogen (secondary N) is 2. The van der Waals surface area contributed by atoms with Crippen LogP contribution >= 0.6 is 0 Å². The molecule has 0 aromatic heterocycles. The molecule has 1 heterocycles. The standard InChI is InChI=1S/C17H24FN3O3/c1-2-10-8-20-4-3-14(10)11-5-12(7-13(18)6-11)16(22)21-9-15(19)17(23)24/h5-7,10,14-15,20H,2-4,8-9,19H2,1H3,(H,21,22)(H,23,24)/t10?,14?,15-/m1/s1. The lowest BCUT2D eigenvalue weighted by Gasteiger charge is -2.32. The van der Waals surface area contributed by atoms with Gasteiger partial charge in [0.15, 0.2) is 0 Å². The minimum absolute atomic E-state index is 0.191. The van der Waals surface area contributed by atoms with Crippen LogP contribution in [-0.2, 0) is 4.79 Å². The van der Waals surface area contributed by atoms with E-state index in [1.807, 2.05) is 0 Å². The molecule has 3 atom stereocenters. The molecule has 5 N–H and O–H groups in total. The van der Waals surface area contributed by atoms with Crippen molar-refractivity contribution in [2.75, 3.05) is 19.6 Å². The van der Waals surface area contributed by atoms with Crippen LogP contribution in [0.5, 0.6) is 0 Å². The lowest BCUT2D eigenvalue weighted by Crippen LogP contribution is -2.42. The van der Waals surface area contributed by atoms with E-state index in [1.165, 1.54) is 6.07 Å². The van der Waals surface area contributed by atoms with Gasteiger partial charge in [0, 0.05) is 12.1 Å². The third kappa shape index (κ3) is 4.52. The fraction of sp³-hybridized carbons (Fsp3) is 0.529. The van der Waals surface area contributed by atoms with Gasteiger partial charge in [-0.3, -0.25) is 9.59 Å². The molecule has 1 amide bonds. The Kier molecular flexibility index (Phi) is 6.28. The van der Waals surface area contributed by atoms with Crippen LogP contribution in [0.15, 0.2) is 18.2 Å². The summed E-state index contributed by atoms with van der Waals surface area (Å²) in [5, 5.41) is 14.5. The molecular formula is C17H24FN3O3. The highest BCUT2D eigenvalue weighted by atomic mass is 19.1. The number of halogens is 1. The van der Waals surface area contributed by atoms with Gasteiger partial charge in [-0.25, -0.2) is 4.39 Å². The number of amides is 1. The van der Waals surface area contributed by atoms with Gasteiger partial charge in [-0.1, -0.05) is 13.3 Å². The third-order valence-electron chi connectivity index (χ3n) is 4.54. The van der Waals surface area contributed by atoms with Crippen LogP contribution in [0.3, 0.4) is 0 Å². The Morgan fingerprint density at radius 3 is 2.88 bits per heavy atom. The van der Waals surface area contributed by atoms with Crippen LogP contribution in [-0.4, -0.2) is 42.7 Å². The van der Waals surface area contributed by atoms with E-state index in [2.05, 4.69) is 17.6 Å². The summed E-state index contributed by atoms with van der Waals surface area (Å²) in [6.07, 6.45) is 1.87. The molecule has 6 nitrogen and oxygen atoms in total. The highest BCUT2D eigenvalue weighted by molar-refractivity contribution is 5.94. The zero-order valence-corrected chi connectivity index (χ0v) is 13.7. The van der Waals surface area contributed by atoms with Gasteiger partial charge in [0.05, 0.1) is 0 Å². The van der Waals surface area contributed by atoms with Crippen LogP contribution in [0.25, 0.3) is 0 Å². The Morgan fingerprint density at radius 2 is 2.21 bits per heavy atom. The number of piperidine rings is 1. The third-order valence-corrected chi connectivity index (χ3v) is 4.54. The minimum atomic E-state index is -1.20. The van der Waals surface area contributed by atoms with E-state index in [4.69, 9.17) is 10.8 Å². The first-order valence-electron chi connectivity index (χ1n) is 8.20. The lowest BCUT2D eigenvalue weighted by molar-refractivity contribution is -0.138. The number of carbonyl (C=O) groups excluding carboxylic acids is 1. The number of carbonyl (C=O) groups is 2. The van der Waals surface area contributed by atoms with Crippen molar-refractivity contribution in [2.45, 2.75) is 31.7 Å². The highest BCUT2D eigenvalue weighted by Gasteiger charge is 2.26. The van der Waals surface area contributed by atoms with E-state index >= 15 is 0 Å². The first-order valence-corrected chi connectivity index (χ1v) is 8.20. The van der Waals surface area contributed by atoms with Crippen LogP contribution < -0.4 is 16.4 Å². The van der Waals surface area contributed by atoms with Crippen LogP contribution in [0.4, 0.5) is 4.39 Å². The predicted molar refractivity (Wildman–Crippen MR) is 88.4 cm³/mol. The summed E-state index contributed by atoms with van der Waals surface area (Å²) < 4.78 is 14.0. The molecule has 1 aromatic carbocycles. The van der Waals surface area contributed by atoms with Crippen molar-refractivity contribution in [3.8, 4) is 0 Å². The smallest absolute Gasteiger partial charge is 0.322 e. The Labute approximate surface area is 140 Å². The maximum Gasteiger partial charge on any atom is 0.322 e. The summed E-state index contributed by atoms with van der Waals surface area (Å²) >= 11 is 0. The first kappa shape index (κ1) is 18.4. The summed E-state index contributed by atoms with van der Waals surface area (Å²) in [5.41, 5.74) is 6.37. The monoisotopic (exact) mass is 337 g/mol. The molecule has 24 heavy (non-hydrogen) atoms. The SMILES string of the molecule is CCC1CNCCC1c1cc(F)cc(C(=O)NC[C@@H](N)C(=O)O)c1. The maximum atomic E-state index is 14.0. The number of hydrogen-bond acceptors (Lipinski definition) is 4. The van der Waals surface area contributed by atoms with Gasteiger partial charge in [0.25, 0.3) is 5.91 Å². The molecule has 0 aliphatic carbocycles. The largest absolute Gasteiger partial charge is 0.480 e. The van der Waals surface area contributed by atoms with E-state index in [0.717, 1.165) is 37.6 Å². The van der Waals surface area contributed by atoms with Gasteiger partial charge in [0.2, 0.25) is 0 Å². The number of hydrogen-bond donors (Lipinski definition) is 4. The van der Waals surface area contributed by atoms with Gasteiger partial charge < -0.3 is 21.5 Å². The summed E-state index contributed by atoms with van der Waals surface area (Å²) in [6, 6.07) is 3.16. The molecular weight excluding hydrogens is 313 g/mol. The van der Waals surface area contributed by atoms with E-state index < -0.39 is 23.7 Å². The van der Waals surface area contributed by atoms with Crippen molar-refractivity contribution in [1.29, 1.82) is 0 Å². The number of benzene rings is 1. The van der Waals surface area contributed by atoms with Gasteiger partial charge in [0.1, 0.15) is 11.9 Å². The van der Waals surface area contributed by atoms with Gasteiger partial charge in [-0.15, -0.1) is 0 Å². The lowest BCUT2D eigenvalue weighted by atomic mass is 9.79. The van der Waals surface area contributed by atoms with E-state index in [9.17, 15) is 14.0 Å². The first-order chi connectivity index (χ1) is 11.4. The molecule has 7 heteroatoms. The van der Waals surface area contributed by atoms with Crippen LogP contribution in [0, 0.1) is 11.7 Å². The summed E-state index contributed by atoms with van der Waals surface area (Å²) in [4.78, 5) is 22.9. The van der Waals surface area contributed by atoms with Crippen LogP contribution in [0.2, 0.25) is 0 Å². The van der Waals surface area contributed by atoms with Gasteiger partial charge in [-0.2, -0.15) is 0 Å². The quantitative estimate of drug-likeness (QED) is 0.622. The van der Waals surface area contributed by atoms with Crippen molar-refractivity contribution in [3.63, 3.8) is 0 Å². The molecule has 2 unspecified atom stereocenters. The zero-order valence-electron chi connectivity index (χ0n) is 13.7. The number of nitrogens with two attached hydrogens (primary N) is 1. The van der Waals surface area contributed by atoms with Crippen molar-refractivity contribution in [1.82, 2.24) is 10.6 Å². The number of aliphatic carboxylic acids is 1. The van der Waals surface area contributed by atoms with Crippen molar-refractivity contribution in [3.05, 3.63) is 35.1 Å². The maximum absolute atomic E-state index is 14.0. The van der Waals surface area contributed by atoms with Crippen molar-refractivity contribution in [2.24, 2.45) is 11.7 Å². The Bertz CT molecular complexity index is 609. The van der Waals surface area contributed by atoms with Crippen molar-refractivity contribution < 1.29 is 19.1 Å². The second-order valence-electron chi connectivity index (χ2n) is 6.20. The molecule has 0 spiro atoms. The topological polar surface area (TPSA) is 104 Å². The Balaban J connectivity index is 2.15. The fourth-order valence-corrected chi connectivity index (χ4v) is 3.14. The number of carboxylic acids is 1. The molecule has 2 rings (SSSR count). The minimum Gasteiger partial charge on any atom is -0.480 e. The molecule has 132 valence electrons. The molecule has 1 saturated heterocycles. The molecule has 1 aliphatic rings. The molecule has 0 bridgehead atoms. The fourth-order valence-electron chi connectivity index (χ4n) is 3.14. The molecule has 1 fully saturated rings.